The fourth-order valence-electron chi connectivity index (χ4n) is 3.04. The Morgan fingerprint density at radius 2 is 2.29 bits per heavy atom. The average molecular weight is 309 g/mol. The Labute approximate surface area is 132 Å². The molecule has 1 aromatic rings. The molecule has 0 spiro atoms. The van der Waals surface area contributed by atoms with Crippen molar-refractivity contribution in [2.75, 3.05) is 39.3 Å². The van der Waals surface area contributed by atoms with Crippen LogP contribution in [0.5, 0.6) is 5.75 Å². The second-order valence-electron chi connectivity index (χ2n) is 5.77. The molecule has 5 heteroatoms. The van der Waals surface area contributed by atoms with Gasteiger partial charge in [-0.1, -0.05) is 0 Å². The molecule has 118 valence electrons. The Morgan fingerprint density at radius 3 is 2.90 bits per heavy atom. The number of likely N-dealkylation sites (N-methyl/N-ethyl adjacent to an activating group) is 2. The van der Waals surface area contributed by atoms with Gasteiger partial charge in [-0.25, -0.2) is 0 Å². The topological polar surface area (TPSA) is 37.4 Å². The minimum absolute atomic E-state index is 0.418. The number of ether oxygens (including phenoxy) is 1. The van der Waals surface area contributed by atoms with Crippen molar-refractivity contribution in [2.24, 2.45) is 0 Å². The van der Waals surface area contributed by atoms with Crippen LogP contribution < -0.4 is 10.1 Å². The second kappa shape index (κ2) is 7.47. The van der Waals surface area contributed by atoms with E-state index in [1.807, 2.05) is 24.9 Å². The van der Waals surface area contributed by atoms with Crippen LogP contribution >= 0.6 is 11.8 Å². The standard InChI is InChI=1S/C16H27N3OS/c1-11-9-18-13(12(2)16(11)20-5)8-14(17-3)15-10-21-7-6-19(15)4/h9,14-15,17H,6-8,10H2,1-5H3. The fraction of sp³-hybridized carbons (Fsp3) is 0.688. The predicted octanol–water partition coefficient (Wildman–Crippen LogP) is 1.88. The summed E-state index contributed by atoms with van der Waals surface area (Å²) in [5, 5.41) is 3.49. The van der Waals surface area contributed by atoms with Crippen molar-refractivity contribution in [3.8, 4) is 5.75 Å². The fourth-order valence-corrected chi connectivity index (χ4v) is 4.36. The summed E-state index contributed by atoms with van der Waals surface area (Å²) in [5.74, 6) is 3.39. The molecule has 1 aliphatic heterocycles. The van der Waals surface area contributed by atoms with Crippen LogP contribution in [0.25, 0.3) is 0 Å². The van der Waals surface area contributed by atoms with Crippen LogP contribution in [0.4, 0.5) is 0 Å². The number of aromatic nitrogens is 1. The molecule has 4 nitrogen and oxygen atoms in total. The van der Waals surface area contributed by atoms with E-state index in [0.29, 0.717) is 12.1 Å². The maximum absolute atomic E-state index is 5.52. The van der Waals surface area contributed by atoms with Crippen LogP contribution in [0.15, 0.2) is 6.20 Å². The lowest BCUT2D eigenvalue weighted by Gasteiger charge is -2.37. The monoisotopic (exact) mass is 309 g/mol. The van der Waals surface area contributed by atoms with Gasteiger partial charge < -0.3 is 15.0 Å². The SMILES string of the molecule is CNC(Cc1ncc(C)c(OC)c1C)C1CSCCN1C. The first-order valence-corrected chi connectivity index (χ1v) is 8.68. The molecule has 0 amide bonds. The molecule has 0 saturated carbocycles. The Balaban J connectivity index is 2.18. The number of pyridine rings is 1. The largest absolute Gasteiger partial charge is 0.496 e. The predicted molar refractivity (Wildman–Crippen MR) is 90.6 cm³/mol. The highest BCUT2D eigenvalue weighted by Crippen LogP contribution is 2.26. The molecule has 0 aliphatic carbocycles. The summed E-state index contributed by atoms with van der Waals surface area (Å²) in [7, 11) is 6.02. The van der Waals surface area contributed by atoms with Gasteiger partial charge in [-0.05, 0) is 27.9 Å². The zero-order valence-electron chi connectivity index (χ0n) is 13.8. The molecule has 21 heavy (non-hydrogen) atoms. The van der Waals surface area contributed by atoms with E-state index in [1.165, 1.54) is 17.1 Å². The van der Waals surface area contributed by atoms with E-state index < -0.39 is 0 Å². The van der Waals surface area contributed by atoms with Crippen molar-refractivity contribution in [1.29, 1.82) is 0 Å². The van der Waals surface area contributed by atoms with Crippen LogP contribution in [-0.2, 0) is 6.42 Å². The van der Waals surface area contributed by atoms with Gasteiger partial charge in [-0.15, -0.1) is 0 Å². The lowest BCUT2D eigenvalue weighted by Crippen LogP contribution is -2.52. The van der Waals surface area contributed by atoms with Gasteiger partial charge >= 0.3 is 0 Å². The van der Waals surface area contributed by atoms with E-state index >= 15 is 0 Å². The van der Waals surface area contributed by atoms with Crippen molar-refractivity contribution >= 4 is 11.8 Å². The molecule has 2 heterocycles. The van der Waals surface area contributed by atoms with Crippen molar-refractivity contribution in [1.82, 2.24) is 15.2 Å². The van der Waals surface area contributed by atoms with Crippen LogP contribution in [0, 0.1) is 13.8 Å². The Morgan fingerprint density at radius 1 is 1.52 bits per heavy atom. The first-order chi connectivity index (χ1) is 10.1. The molecule has 1 N–H and O–H groups in total. The highest BCUT2D eigenvalue weighted by Gasteiger charge is 2.28. The minimum Gasteiger partial charge on any atom is -0.496 e. The minimum atomic E-state index is 0.418. The van der Waals surface area contributed by atoms with Gasteiger partial charge in [0, 0.05) is 59.6 Å². The highest BCUT2D eigenvalue weighted by atomic mass is 32.2. The van der Waals surface area contributed by atoms with Crippen LogP contribution in [0.3, 0.4) is 0 Å². The number of nitrogens with one attached hydrogen (secondary N) is 1. The lowest BCUT2D eigenvalue weighted by molar-refractivity contribution is 0.218. The summed E-state index contributed by atoms with van der Waals surface area (Å²) >= 11 is 2.05. The van der Waals surface area contributed by atoms with Crippen LogP contribution in [0.1, 0.15) is 16.8 Å². The first-order valence-electron chi connectivity index (χ1n) is 7.52. The quantitative estimate of drug-likeness (QED) is 0.899. The number of hydrogen-bond acceptors (Lipinski definition) is 5. The zero-order chi connectivity index (χ0) is 15.4. The summed E-state index contributed by atoms with van der Waals surface area (Å²) in [4.78, 5) is 7.12. The summed E-state index contributed by atoms with van der Waals surface area (Å²) in [6.45, 7) is 5.32. The smallest absolute Gasteiger partial charge is 0.128 e. The zero-order valence-corrected chi connectivity index (χ0v) is 14.6. The molecule has 2 atom stereocenters. The number of aryl methyl sites for hydroxylation is 1. The van der Waals surface area contributed by atoms with Gasteiger partial charge in [-0.3, -0.25) is 4.98 Å². The second-order valence-corrected chi connectivity index (χ2v) is 6.92. The molecule has 2 rings (SSSR count). The summed E-state index contributed by atoms with van der Waals surface area (Å²) < 4.78 is 5.52. The van der Waals surface area contributed by atoms with E-state index in [4.69, 9.17) is 4.74 Å². The van der Waals surface area contributed by atoms with Crippen LogP contribution in [0.2, 0.25) is 0 Å². The number of nitrogens with zero attached hydrogens (tertiary/aromatic N) is 2. The molecule has 0 bridgehead atoms. The summed E-state index contributed by atoms with van der Waals surface area (Å²) in [5.41, 5.74) is 3.41. The van der Waals surface area contributed by atoms with E-state index in [9.17, 15) is 0 Å². The Bertz CT molecular complexity index is 481. The van der Waals surface area contributed by atoms with Crippen molar-refractivity contribution in [3.63, 3.8) is 0 Å². The molecular weight excluding hydrogens is 282 g/mol. The van der Waals surface area contributed by atoms with E-state index in [1.54, 1.807) is 7.11 Å². The first kappa shape index (κ1) is 16.6. The van der Waals surface area contributed by atoms with Gasteiger partial charge in [0.05, 0.1) is 7.11 Å². The van der Waals surface area contributed by atoms with E-state index in [0.717, 1.165) is 30.0 Å². The summed E-state index contributed by atoms with van der Waals surface area (Å²) in [6.07, 6.45) is 2.86. The van der Waals surface area contributed by atoms with Gasteiger partial charge in [0.15, 0.2) is 0 Å². The van der Waals surface area contributed by atoms with Gasteiger partial charge in [0.1, 0.15) is 5.75 Å². The van der Waals surface area contributed by atoms with Crippen molar-refractivity contribution in [2.45, 2.75) is 32.4 Å². The van der Waals surface area contributed by atoms with Gasteiger partial charge in [0.25, 0.3) is 0 Å². The third kappa shape index (κ3) is 3.71. The van der Waals surface area contributed by atoms with Crippen molar-refractivity contribution < 1.29 is 4.74 Å². The number of hydrogen-bond donors (Lipinski definition) is 1. The van der Waals surface area contributed by atoms with Gasteiger partial charge in [-0.2, -0.15) is 11.8 Å². The molecular formula is C16H27N3OS. The number of thioether (sulfide) groups is 1. The average Bonchev–Trinajstić information content (AvgIpc) is 2.48. The Kier molecular flexibility index (Phi) is 5.90. The lowest BCUT2D eigenvalue weighted by atomic mass is 9.99. The molecule has 0 aromatic carbocycles. The molecule has 1 saturated heterocycles. The van der Waals surface area contributed by atoms with Crippen LogP contribution in [-0.4, -0.2) is 61.2 Å². The highest BCUT2D eigenvalue weighted by molar-refractivity contribution is 7.99. The molecule has 1 aromatic heterocycles. The maximum Gasteiger partial charge on any atom is 0.128 e. The molecule has 1 aliphatic rings. The van der Waals surface area contributed by atoms with E-state index in [-0.39, 0.29) is 0 Å². The third-order valence-electron chi connectivity index (χ3n) is 4.44. The molecule has 2 unspecified atom stereocenters. The third-order valence-corrected chi connectivity index (χ3v) is 5.49. The number of rotatable bonds is 5. The van der Waals surface area contributed by atoms with E-state index in [2.05, 4.69) is 36.2 Å². The molecule has 0 radical (unpaired) electrons. The molecule has 1 fully saturated rings. The Hall–Kier alpha value is -0.780. The maximum atomic E-state index is 5.52. The summed E-state index contributed by atoms with van der Waals surface area (Å²) in [6, 6.07) is 0.976. The normalized spacial score (nSPS) is 21.3. The van der Waals surface area contributed by atoms with Gasteiger partial charge in [0.2, 0.25) is 0 Å². The van der Waals surface area contributed by atoms with Crippen molar-refractivity contribution in [3.05, 3.63) is 23.0 Å². The number of methoxy groups -OCH3 is 1.